The van der Waals surface area contributed by atoms with E-state index in [2.05, 4.69) is 55.3 Å². The molecule has 2 atom stereocenters. The minimum absolute atomic E-state index is 0. The predicted octanol–water partition coefficient (Wildman–Crippen LogP) is 3.01. The number of nitrogens with one attached hydrogen (secondary N) is 1. The van der Waals surface area contributed by atoms with Crippen LogP contribution in [0.25, 0.3) is 0 Å². The Balaban J connectivity index is 0.00000300. The van der Waals surface area contributed by atoms with E-state index in [-0.39, 0.29) is 36.0 Å². The number of carbonyl (C=O) groups excluding carboxylic acids is 1. The average Bonchev–Trinajstić information content (AvgIpc) is 3.25. The molecule has 1 amide bonds. The Hall–Kier alpha value is -1.35. The van der Waals surface area contributed by atoms with Crippen molar-refractivity contribution >= 4 is 35.8 Å². The summed E-state index contributed by atoms with van der Waals surface area (Å²) in [7, 11) is 0. The zero-order valence-corrected chi connectivity index (χ0v) is 20.2. The zero-order valence-electron chi connectivity index (χ0n) is 17.9. The summed E-state index contributed by atoms with van der Waals surface area (Å²) in [6.45, 7) is 11.8. The molecule has 2 unspecified atom stereocenters. The first-order chi connectivity index (χ1) is 13.6. The van der Waals surface area contributed by atoms with Crippen LogP contribution >= 0.6 is 24.0 Å². The summed E-state index contributed by atoms with van der Waals surface area (Å²) in [6, 6.07) is 8.65. The van der Waals surface area contributed by atoms with E-state index in [0.29, 0.717) is 12.5 Å². The highest BCUT2D eigenvalue weighted by atomic mass is 127. The highest BCUT2D eigenvalue weighted by molar-refractivity contribution is 14.0. The lowest BCUT2D eigenvalue weighted by Crippen LogP contribution is -2.55. The fourth-order valence-electron chi connectivity index (χ4n) is 3.85. The molecule has 6 nitrogen and oxygen atoms in total. The van der Waals surface area contributed by atoms with Gasteiger partial charge >= 0.3 is 0 Å². The van der Waals surface area contributed by atoms with Gasteiger partial charge in [-0.15, -0.1) is 24.0 Å². The van der Waals surface area contributed by atoms with Crippen LogP contribution < -0.4 is 5.32 Å². The number of hydrogen-bond acceptors (Lipinski definition) is 3. The SMILES string of the molecule is CCNC(=NCC(C)c1cccc(C)c1)N1CCN(C(=O)C2CCCO2)CC1.I. The van der Waals surface area contributed by atoms with Crippen molar-refractivity contribution in [1.29, 1.82) is 0 Å². The molecule has 1 aromatic rings. The Morgan fingerprint density at radius 3 is 2.62 bits per heavy atom. The Bertz CT molecular complexity index is 683. The lowest BCUT2D eigenvalue weighted by molar-refractivity contribution is -0.142. The maximum absolute atomic E-state index is 12.5. The van der Waals surface area contributed by atoms with E-state index in [1.807, 2.05) is 4.90 Å². The van der Waals surface area contributed by atoms with Crippen molar-refractivity contribution < 1.29 is 9.53 Å². The van der Waals surface area contributed by atoms with Crippen LogP contribution in [0.4, 0.5) is 0 Å². The third kappa shape index (κ3) is 6.57. The highest BCUT2D eigenvalue weighted by Gasteiger charge is 2.30. The fraction of sp³-hybridized carbons (Fsp3) is 0.636. The molecule has 29 heavy (non-hydrogen) atoms. The number of benzene rings is 1. The van der Waals surface area contributed by atoms with E-state index < -0.39 is 0 Å². The fourth-order valence-corrected chi connectivity index (χ4v) is 3.85. The first kappa shape index (κ1) is 23.9. The first-order valence-electron chi connectivity index (χ1n) is 10.6. The molecule has 0 saturated carbocycles. The van der Waals surface area contributed by atoms with Crippen molar-refractivity contribution in [2.45, 2.75) is 45.6 Å². The van der Waals surface area contributed by atoms with E-state index in [0.717, 1.165) is 58.1 Å². The maximum atomic E-state index is 12.5. The van der Waals surface area contributed by atoms with Gasteiger partial charge in [0.2, 0.25) is 0 Å². The molecule has 0 bridgehead atoms. The second-order valence-electron chi connectivity index (χ2n) is 7.82. The summed E-state index contributed by atoms with van der Waals surface area (Å²) >= 11 is 0. The number of hydrogen-bond donors (Lipinski definition) is 1. The highest BCUT2D eigenvalue weighted by Crippen LogP contribution is 2.18. The standard InChI is InChI=1S/C22H34N4O2.HI/c1-4-23-22(24-16-18(3)19-8-5-7-17(2)15-19)26-12-10-25(11-13-26)21(27)20-9-6-14-28-20;/h5,7-8,15,18,20H,4,6,9-14,16H2,1-3H3,(H,23,24);1H. The van der Waals surface area contributed by atoms with Gasteiger partial charge < -0.3 is 19.9 Å². The summed E-state index contributed by atoms with van der Waals surface area (Å²) < 4.78 is 5.56. The van der Waals surface area contributed by atoms with Gasteiger partial charge in [0.15, 0.2) is 5.96 Å². The quantitative estimate of drug-likeness (QED) is 0.373. The number of nitrogens with zero attached hydrogens (tertiary/aromatic N) is 3. The second kappa shape index (κ2) is 11.7. The molecule has 2 aliphatic heterocycles. The number of aliphatic imine (C=N–C) groups is 1. The summed E-state index contributed by atoms with van der Waals surface area (Å²) in [6.07, 6.45) is 1.64. The molecule has 162 valence electrons. The van der Waals surface area contributed by atoms with Crippen LogP contribution in [-0.2, 0) is 9.53 Å². The second-order valence-corrected chi connectivity index (χ2v) is 7.82. The van der Waals surface area contributed by atoms with Crippen molar-refractivity contribution in [2.24, 2.45) is 4.99 Å². The molecule has 1 aromatic carbocycles. The number of carbonyl (C=O) groups is 1. The maximum Gasteiger partial charge on any atom is 0.251 e. The number of aryl methyl sites for hydroxylation is 1. The van der Waals surface area contributed by atoms with Crippen molar-refractivity contribution in [1.82, 2.24) is 15.1 Å². The topological polar surface area (TPSA) is 57.2 Å². The Morgan fingerprint density at radius 1 is 1.28 bits per heavy atom. The Morgan fingerprint density at radius 2 is 2.00 bits per heavy atom. The third-order valence-electron chi connectivity index (χ3n) is 5.56. The summed E-state index contributed by atoms with van der Waals surface area (Å²) in [5, 5.41) is 3.42. The summed E-state index contributed by atoms with van der Waals surface area (Å²) in [5.74, 6) is 1.48. The van der Waals surface area contributed by atoms with E-state index in [9.17, 15) is 4.79 Å². The number of rotatable bonds is 5. The molecule has 2 heterocycles. The molecule has 3 rings (SSSR count). The molecule has 1 N–H and O–H groups in total. The van der Waals surface area contributed by atoms with Crippen LogP contribution in [0.1, 0.15) is 43.7 Å². The molecule has 0 aliphatic carbocycles. The van der Waals surface area contributed by atoms with Gasteiger partial charge in [-0.3, -0.25) is 9.79 Å². The molecule has 2 saturated heterocycles. The molecule has 0 aromatic heterocycles. The van der Waals surface area contributed by atoms with Crippen LogP contribution in [-0.4, -0.2) is 73.6 Å². The van der Waals surface area contributed by atoms with Crippen LogP contribution in [0.2, 0.25) is 0 Å². The molecule has 2 fully saturated rings. The molecular formula is C22H35IN4O2. The van der Waals surface area contributed by atoms with Gasteiger partial charge in [0.05, 0.1) is 0 Å². The molecule has 7 heteroatoms. The van der Waals surface area contributed by atoms with Gasteiger partial charge in [0, 0.05) is 51.8 Å². The van der Waals surface area contributed by atoms with E-state index in [1.165, 1.54) is 11.1 Å². The number of piperazine rings is 1. The normalized spacial score (nSPS) is 20.9. The molecular weight excluding hydrogens is 479 g/mol. The molecule has 0 radical (unpaired) electrons. The Labute approximate surface area is 192 Å². The zero-order chi connectivity index (χ0) is 19.9. The van der Waals surface area contributed by atoms with Crippen molar-refractivity contribution in [3.05, 3.63) is 35.4 Å². The minimum Gasteiger partial charge on any atom is -0.368 e. The number of amides is 1. The van der Waals surface area contributed by atoms with Gasteiger partial charge in [-0.2, -0.15) is 0 Å². The Kier molecular flexibility index (Phi) is 9.68. The van der Waals surface area contributed by atoms with Crippen LogP contribution in [0.3, 0.4) is 0 Å². The van der Waals surface area contributed by atoms with Crippen LogP contribution in [0.5, 0.6) is 0 Å². The van der Waals surface area contributed by atoms with Gasteiger partial charge in [0.1, 0.15) is 6.10 Å². The number of halogens is 1. The van der Waals surface area contributed by atoms with Gasteiger partial charge in [0.25, 0.3) is 5.91 Å². The monoisotopic (exact) mass is 514 g/mol. The largest absolute Gasteiger partial charge is 0.368 e. The van der Waals surface area contributed by atoms with Crippen LogP contribution in [0, 0.1) is 6.92 Å². The minimum atomic E-state index is -0.219. The summed E-state index contributed by atoms with van der Waals surface area (Å²) in [5.41, 5.74) is 2.61. The van der Waals surface area contributed by atoms with E-state index in [1.54, 1.807) is 0 Å². The van der Waals surface area contributed by atoms with Gasteiger partial charge in [-0.1, -0.05) is 36.8 Å². The van der Waals surface area contributed by atoms with E-state index >= 15 is 0 Å². The first-order valence-corrected chi connectivity index (χ1v) is 10.6. The molecule has 2 aliphatic rings. The van der Waals surface area contributed by atoms with Crippen molar-refractivity contribution in [3.63, 3.8) is 0 Å². The summed E-state index contributed by atoms with van der Waals surface area (Å²) in [4.78, 5) is 21.7. The lowest BCUT2D eigenvalue weighted by atomic mass is 10.00. The van der Waals surface area contributed by atoms with Crippen molar-refractivity contribution in [2.75, 3.05) is 45.9 Å². The van der Waals surface area contributed by atoms with E-state index in [4.69, 9.17) is 9.73 Å². The smallest absolute Gasteiger partial charge is 0.251 e. The van der Waals surface area contributed by atoms with Gasteiger partial charge in [-0.25, -0.2) is 0 Å². The number of ether oxygens (including phenoxy) is 1. The molecule has 0 spiro atoms. The lowest BCUT2D eigenvalue weighted by Gasteiger charge is -2.37. The average molecular weight is 514 g/mol. The van der Waals surface area contributed by atoms with Crippen LogP contribution in [0.15, 0.2) is 29.3 Å². The van der Waals surface area contributed by atoms with Gasteiger partial charge in [-0.05, 0) is 32.3 Å². The third-order valence-corrected chi connectivity index (χ3v) is 5.56. The van der Waals surface area contributed by atoms with Crippen molar-refractivity contribution in [3.8, 4) is 0 Å². The number of guanidine groups is 1. The predicted molar refractivity (Wildman–Crippen MR) is 128 cm³/mol.